The van der Waals surface area contributed by atoms with E-state index in [2.05, 4.69) is 5.32 Å². The number of thioether (sulfide) groups is 1. The molecule has 1 atom stereocenters. The first-order valence-corrected chi connectivity index (χ1v) is 11.9. The number of carbonyl (C=O) groups excluding carboxylic acids is 1. The predicted molar refractivity (Wildman–Crippen MR) is 130 cm³/mol. The molecule has 3 aromatic carbocycles. The Balaban J connectivity index is 1.68. The second-order valence-electron chi connectivity index (χ2n) is 7.63. The molecule has 0 radical (unpaired) electrons. The van der Waals surface area contributed by atoms with Crippen molar-refractivity contribution < 1.29 is 33.0 Å². The molecule has 1 unspecified atom stereocenters. The number of carboxylic acid groups (broad SMARTS) is 1. The van der Waals surface area contributed by atoms with Crippen LogP contribution >= 0.6 is 11.8 Å². The van der Waals surface area contributed by atoms with Crippen molar-refractivity contribution >= 4 is 23.5 Å². The average molecular weight is 502 g/mol. The minimum atomic E-state index is -1.07. The molecule has 0 aromatic heterocycles. The number of Topliss-reactive ketones (excluding diaryl/α,β-unsaturated/α-hetero) is 1. The van der Waals surface area contributed by atoms with E-state index >= 15 is 0 Å². The van der Waals surface area contributed by atoms with Gasteiger partial charge in [-0.25, -0.2) is 8.78 Å². The van der Waals surface area contributed by atoms with E-state index in [9.17, 15) is 18.4 Å². The molecule has 184 valence electrons. The molecule has 0 aliphatic carbocycles. The Morgan fingerprint density at radius 1 is 1.06 bits per heavy atom. The van der Waals surface area contributed by atoms with Crippen molar-refractivity contribution in [2.24, 2.45) is 0 Å². The van der Waals surface area contributed by atoms with Gasteiger partial charge in [-0.15, -0.1) is 11.8 Å². The van der Waals surface area contributed by atoms with Crippen molar-refractivity contribution in [1.82, 2.24) is 5.32 Å². The van der Waals surface area contributed by atoms with Crippen LogP contribution < -0.4 is 10.1 Å². The highest BCUT2D eigenvalue weighted by Crippen LogP contribution is 2.33. The summed E-state index contributed by atoms with van der Waals surface area (Å²) in [6, 6.07) is 15.5. The number of aliphatic carboxylic acids is 1. The summed E-state index contributed by atoms with van der Waals surface area (Å²) in [6.45, 7) is -0.129. The van der Waals surface area contributed by atoms with Crippen molar-refractivity contribution in [2.75, 3.05) is 26.5 Å². The highest BCUT2D eigenvalue weighted by atomic mass is 32.2. The summed E-state index contributed by atoms with van der Waals surface area (Å²) in [7, 11) is 1.44. The summed E-state index contributed by atoms with van der Waals surface area (Å²) in [5.41, 5.74) is 2.48. The van der Waals surface area contributed by atoms with Gasteiger partial charge >= 0.3 is 5.97 Å². The molecule has 2 N–H and O–H groups in total. The standard InChI is InChI=1S/C26H25F2NO5S/c1-33-15-23(29-13-25(30)31)26(32)18-5-3-4-16(10-18)14-34-19-8-6-17(7-9-19)20-11-21(27)22(28)12-24(20)35-2/h3-12,23,29H,13-15H2,1-2H3,(H,30,31). The Bertz CT molecular complexity index is 1190. The Morgan fingerprint density at radius 2 is 1.77 bits per heavy atom. The van der Waals surface area contributed by atoms with Crippen LogP contribution in [0.1, 0.15) is 15.9 Å². The van der Waals surface area contributed by atoms with Gasteiger partial charge in [0.1, 0.15) is 12.4 Å². The van der Waals surface area contributed by atoms with Crippen LogP contribution in [0.2, 0.25) is 0 Å². The fourth-order valence-corrected chi connectivity index (χ4v) is 4.06. The van der Waals surface area contributed by atoms with Crippen LogP contribution in [-0.4, -0.2) is 49.4 Å². The SMILES string of the molecule is COCC(NCC(=O)O)C(=O)c1cccc(COc2ccc(-c3cc(F)c(F)cc3SC)cc2)c1. The van der Waals surface area contributed by atoms with Crippen LogP contribution in [0.15, 0.2) is 65.6 Å². The maximum atomic E-state index is 13.8. The van der Waals surface area contributed by atoms with Gasteiger partial charge in [0, 0.05) is 17.6 Å². The molecule has 0 amide bonds. The number of methoxy groups -OCH3 is 1. The van der Waals surface area contributed by atoms with E-state index in [0.717, 1.165) is 11.1 Å². The molecular formula is C26H25F2NO5S. The van der Waals surface area contributed by atoms with E-state index in [1.807, 2.05) is 6.07 Å². The summed E-state index contributed by atoms with van der Waals surface area (Å²) in [5.74, 6) is -2.57. The number of nitrogens with one attached hydrogen (secondary N) is 1. The molecule has 9 heteroatoms. The number of ether oxygens (including phenoxy) is 2. The van der Waals surface area contributed by atoms with E-state index in [1.54, 1.807) is 48.7 Å². The smallest absolute Gasteiger partial charge is 0.317 e. The maximum Gasteiger partial charge on any atom is 0.317 e. The van der Waals surface area contributed by atoms with Gasteiger partial charge in [-0.1, -0.05) is 30.3 Å². The normalized spacial score (nSPS) is 11.8. The topological polar surface area (TPSA) is 84.9 Å². The van der Waals surface area contributed by atoms with E-state index in [1.165, 1.54) is 31.0 Å². The van der Waals surface area contributed by atoms with Crippen LogP contribution in [0, 0.1) is 11.6 Å². The molecule has 0 fully saturated rings. The summed E-state index contributed by atoms with van der Waals surface area (Å²) in [6.07, 6.45) is 1.80. The second kappa shape index (κ2) is 12.4. The lowest BCUT2D eigenvalue weighted by molar-refractivity contribution is -0.136. The minimum Gasteiger partial charge on any atom is -0.489 e. The lowest BCUT2D eigenvalue weighted by Crippen LogP contribution is -2.43. The highest BCUT2D eigenvalue weighted by molar-refractivity contribution is 7.98. The van der Waals surface area contributed by atoms with Crippen LogP contribution in [0.3, 0.4) is 0 Å². The molecule has 35 heavy (non-hydrogen) atoms. The largest absolute Gasteiger partial charge is 0.489 e. The molecule has 0 heterocycles. The molecule has 3 aromatic rings. The number of carbonyl (C=O) groups is 2. The van der Waals surface area contributed by atoms with Crippen molar-refractivity contribution in [3.8, 4) is 16.9 Å². The lowest BCUT2D eigenvalue weighted by Gasteiger charge is -2.16. The fourth-order valence-electron chi connectivity index (χ4n) is 3.44. The van der Waals surface area contributed by atoms with Crippen molar-refractivity contribution in [3.05, 3.63) is 83.4 Å². The van der Waals surface area contributed by atoms with Crippen molar-refractivity contribution in [1.29, 1.82) is 0 Å². The first-order chi connectivity index (χ1) is 16.8. The Hall–Kier alpha value is -3.27. The van der Waals surface area contributed by atoms with E-state index in [4.69, 9.17) is 14.6 Å². The first kappa shape index (κ1) is 26.3. The Labute approximate surface area is 206 Å². The van der Waals surface area contributed by atoms with Gasteiger partial charge in [-0.05, 0) is 53.3 Å². The molecule has 0 aliphatic rings. The highest BCUT2D eigenvalue weighted by Gasteiger charge is 2.21. The monoisotopic (exact) mass is 501 g/mol. The third-order valence-electron chi connectivity index (χ3n) is 5.17. The molecule has 0 bridgehead atoms. The van der Waals surface area contributed by atoms with E-state index < -0.39 is 23.6 Å². The predicted octanol–water partition coefficient (Wildman–Crippen LogP) is 4.80. The molecule has 0 aliphatic heterocycles. The molecule has 0 saturated carbocycles. The van der Waals surface area contributed by atoms with Gasteiger partial charge in [0.25, 0.3) is 0 Å². The average Bonchev–Trinajstić information content (AvgIpc) is 2.86. The lowest BCUT2D eigenvalue weighted by atomic mass is 10.0. The number of rotatable bonds is 12. The quantitative estimate of drug-likeness (QED) is 0.272. The maximum absolute atomic E-state index is 13.8. The van der Waals surface area contributed by atoms with Crippen LogP contribution in [0.5, 0.6) is 5.75 Å². The molecule has 6 nitrogen and oxygen atoms in total. The van der Waals surface area contributed by atoms with Crippen molar-refractivity contribution in [3.63, 3.8) is 0 Å². The van der Waals surface area contributed by atoms with Crippen LogP contribution in [0.25, 0.3) is 11.1 Å². The summed E-state index contributed by atoms with van der Waals surface area (Å²) >= 11 is 1.33. The number of hydrogen-bond donors (Lipinski definition) is 2. The zero-order valence-corrected chi connectivity index (χ0v) is 20.0. The molecule has 0 spiro atoms. The number of carboxylic acids is 1. The Morgan fingerprint density at radius 3 is 2.43 bits per heavy atom. The number of ketones is 1. The van der Waals surface area contributed by atoms with Crippen LogP contribution in [0.4, 0.5) is 8.78 Å². The fraction of sp³-hybridized carbons (Fsp3) is 0.231. The summed E-state index contributed by atoms with van der Waals surface area (Å²) < 4.78 is 38.2. The van der Waals surface area contributed by atoms with Gasteiger partial charge in [-0.3, -0.25) is 14.9 Å². The van der Waals surface area contributed by atoms with E-state index in [-0.39, 0.29) is 25.5 Å². The van der Waals surface area contributed by atoms with Gasteiger partial charge in [0.2, 0.25) is 0 Å². The van der Waals surface area contributed by atoms with Crippen molar-refractivity contribution in [2.45, 2.75) is 17.5 Å². The number of hydrogen-bond acceptors (Lipinski definition) is 6. The van der Waals surface area contributed by atoms with Gasteiger partial charge in [0.05, 0.1) is 19.2 Å². The third-order valence-corrected chi connectivity index (χ3v) is 5.95. The first-order valence-electron chi connectivity index (χ1n) is 10.7. The zero-order chi connectivity index (χ0) is 25.4. The van der Waals surface area contributed by atoms with E-state index in [0.29, 0.717) is 21.8 Å². The van der Waals surface area contributed by atoms with Crippen LogP contribution in [-0.2, 0) is 16.1 Å². The molecule has 0 saturated heterocycles. The molecular weight excluding hydrogens is 476 g/mol. The summed E-state index contributed by atoms with van der Waals surface area (Å²) in [5, 5.41) is 11.6. The van der Waals surface area contributed by atoms with Gasteiger partial charge in [0.15, 0.2) is 17.4 Å². The Kier molecular flexibility index (Phi) is 9.36. The third kappa shape index (κ3) is 7.11. The van der Waals surface area contributed by atoms with Gasteiger partial charge < -0.3 is 14.6 Å². The molecule has 3 rings (SSSR count). The number of halogens is 2. The minimum absolute atomic E-state index is 0.0371. The van der Waals surface area contributed by atoms with Gasteiger partial charge in [-0.2, -0.15) is 0 Å². The number of benzene rings is 3. The zero-order valence-electron chi connectivity index (χ0n) is 19.2. The second-order valence-corrected chi connectivity index (χ2v) is 8.47. The summed E-state index contributed by atoms with van der Waals surface area (Å²) in [4.78, 5) is 24.3.